The molecule has 1 N–H and O–H groups in total. The fourth-order valence-corrected chi connectivity index (χ4v) is 5.69. The third-order valence-electron chi connectivity index (χ3n) is 6.24. The van der Waals surface area contributed by atoms with Crippen LogP contribution in [0.2, 0.25) is 0 Å². The number of amides is 2. The van der Waals surface area contributed by atoms with E-state index >= 15 is 0 Å². The van der Waals surface area contributed by atoms with Gasteiger partial charge in [-0.05, 0) is 74.7 Å². The minimum atomic E-state index is -4.08. The molecule has 9 heteroatoms. The third kappa shape index (κ3) is 6.78. The minimum absolute atomic E-state index is 0.0833. The number of hydrogen-bond donors (Lipinski definition) is 1. The predicted octanol–water partition coefficient (Wildman–Crippen LogP) is 4.81. The Morgan fingerprint density at radius 1 is 0.946 bits per heavy atom. The summed E-state index contributed by atoms with van der Waals surface area (Å²) in [6, 6.07) is 20.0. The molecule has 0 aromatic heterocycles. The van der Waals surface area contributed by atoms with E-state index in [1.807, 2.05) is 44.2 Å². The monoisotopic (exact) mass is 585 g/mol. The van der Waals surface area contributed by atoms with Gasteiger partial charge >= 0.3 is 0 Å². The lowest BCUT2D eigenvalue weighted by Crippen LogP contribution is -2.51. The van der Waals surface area contributed by atoms with Crippen molar-refractivity contribution < 1.29 is 18.0 Å². The first-order valence-electron chi connectivity index (χ1n) is 12.0. The smallest absolute Gasteiger partial charge is 0.264 e. The Bertz CT molecular complexity index is 1350. The summed E-state index contributed by atoms with van der Waals surface area (Å²) in [5.74, 6) is -0.792. The molecule has 7 nitrogen and oxygen atoms in total. The first kappa shape index (κ1) is 28.4. The fourth-order valence-electron chi connectivity index (χ4n) is 3.93. The number of anilines is 1. The van der Waals surface area contributed by atoms with Crippen molar-refractivity contribution in [2.75, 3.05) is 17.4 Å². The number of likely N-dealkylation sites (N-methyl/N-ethyl adjacent to an activating group) is 1. The predicted molar refractivity (Wildman–Crippen MR) is 150 cm³/mol. The molecular formula is C28H32BrN3O4S. The van der Waals surface area contributed by atoms with Gasteiger partial charge in [0.1, 0.15) is 12.6 Å². The van der Waals surface area contributed by atoms with Crippen molar-refractivity contribution in [3.8, 4) is 0 Å². The minimum Gasteiger partial charge on any atom is -0.355 e. The number of sulfonamides is 1. The molecule has 0 saturated carbocycles. The van der Waals surface area contributed by atoms with Gasteiger partial charge in [0.25, 0.3) is 10.0 Å². The summed E-state index contributed by atoms with van der Waals surface area (Å²) in [6.45, 7) is 7.29. The van der Waals surface area contributed by atoms with Crippen molar-refractivity contribution in [1.82, 2.24) is 10.2 Å². The van der Waals surface area contributed by atoms with Gasteiger partial charge in [-0.3, -0.25) is 13.9 Å². The van der Waals surface area contributed by atoms with Crippen molar-refractivity contribution in [2.45, 2.75) is 45.2 Å². The summed E-state index contributed by atoms with van der Waals surface area (Å²) in [5.41, 5.74) is 2.90. The van der Waals surface area contributed by atoms with E-state index < -0.39 is 28.5 Å². The molecule has 0 aliphatic rings. The number of halogens is 1. The van der Waals surface area contributed by atoms with Crippen molar-refractivity contribution in [1.29, 1.82) is 0 Å². The van der Waals surface area contributed by atoms with Crippen molar-refractivity contribution in [3.05, 3.63) is 94.0 Å². The molecule has 0 bridgehead atoms. The second kappa shape index (κ2) is 12.4. The molecule has 0 fully saturated rings. The van der Waals surface area contributed by atoms with Crippen LogP contribution >= 0.6 is 15.9 Å². The van der Waals surface area contributed by atoms with E-state index in [4.69, 9.17) is 0 Å². The molecule has 0 heterocycles. The zero-order valence-corrected chi connectivity index (χ0v) is 23.8. The number of benzene rings is 3. The zero-order valence-electron chi connectivity index (χ0n) is 21.4. The van der Waals surface area contributed by atoms with Crippen LogP contribution in [0.15, 0.2) is 82.2 Å². The van der Waals surface area contributed by atoms with Crippen LogP contribution in [0.3, 0.4) is 0 Å². The normalized spacial score (nSPS) is 12.0. The van der Waals surface area contributed by atoms with E-state index in [1.165, 1.54) is 17.0 Å². The van der Waals surface area contributed by atoms with Crippen molar-refractivity contribution in [2.24, 2.45) is 0 Å². The summed E-state index contributed by atoms with van der Waals surface area (Å²) >= 11 is 3.41. The molecule has 3 aromatic carbocycles. The number of carbonyl (C=O) groups excluding carboxylic acids is 2. The molecule has 0 unspecified atom stereocenters. The van der Waals surface area contributed by atoms with Crippen molar-refractivity contribution in [3.63, 3.8) is 0 Å². The van der Waals surface area contributed by atoms with Crippen LogP contribution in [0, 0.1) is 13.8 Å². The van der Waals surface area contributed by atoms with Crippen LogP contribution in [0.5, 0.6) is 0 Å². The highest BCUT2D eigenvalue weighted by Crippen LogP contribution is 2.29. The first-order chi connectivity index (χ1) is 17.6. The average molecular weight is 587 g/mol. The Morgan fingerprint density at radius 3 is 2.22 bits per heavy atom. The van der Waals surface area contributed by atoms with Crippen LogP contribution in [-0.4, -0.2) is 44.3 Å². The summed E-state index contributed by atoms with van der Waals surface area (Å²) in [6.07, 6.45) is 0. The Hall–Kier alpha value is -3.17. The first-order valence-corrected chi connectivity index (χ1v) is 14.2. The summed E-state index contributed by atoms with van der Waals surface area (Å²) in [7, 11) is -4.08. The van der Waals surface area contributed by atoms with E-state index in [-0.39, 0.29) is 17.3 Å². The van der Waals surface area contributed by atoms with Crippen LogP contribution in [0.25, 0.3) is 0 Å². The second-order valence-electron chi connectivity index (χ2n) is 8.76. The molecule has 0 saturated heterocycles. The SMILES string of the molecule is CCNC(=O)[C@H](C)N(Cc1ccc(Br)cc1)C(=O)CN(c1cccc(C)c1C)S(=O)(=O)c1ccccc1. The lowest BCUT2D eigenvalue weighted by molar-refractivity contribution is -0.139. The van der Waals surface area contributed by atoms with Gasteiger partial charge in [0.2, 0.25) is 11.8 Å². The molecule has 3 rings (SSSR count). The van der Waals surface area contributed by atoms with Crippen LogP contribution in [0.1, 0.15) is 30.5 Å². The molecule has 3 aromatic rings. The Morgan fingerprint density at radius 2 is 1.59 bits per heavy atom. The lowest BCUT2D eigenvalue weighted by Gasteiger charge is -2.32. The molecule has 0 aliphatic heterocycles. The number of nitrogens with one attached hydrogen (secondary N) is 1. The maximum absolute atomic E-state index is 13.9. The number of carbonyl (C=O) groups is 2. The molecule has 0 radical (unpaired) electrons. The Kier molecular flexibility index (Phi) is 9.50. The quantitative estimate of drug-likeness (QED) is 0.370. The second-order valence-corrected chi connectivity index (χ2v) is 11.5. The van der Waals surface area contributed by atoms with Crippen LogP contribution in [-0.2, 0) is 26.2 Å². The average Bonchev–Trinajstić information content (AvgIpc) is 2.88. The number of aryl methyl sites for hydroxylation is 1. The highest BCUT2D eigenvalue weighted by atomic mass is 79.9. The van der Waals surface area contributed by atoms with E-state index in [2.05, 4.69) is 21.2 Å². The lowest BCUT2D eigenvalue weighted by atomic mass is 10.1. The number of rotatable bonds is 10. The van der Waals surface area contributed by atoms with Gasteiger partial charge in [0.05, 0.1) is 10.6 Å². The molecule has 2 amide bonds. The van der Waals surface area contributed by atoms with E-state index in [9.17, 15) is 18.0 Å². The largest absolute Gasteiger partial charge is 0.355 e. The number of hydrogen-bond acceptors (Lipinski definition) is 4. The highest BCUT2D eigenvalue weighted by Gasteiger charge is 2.33. The molecule has 0 spiro atoms. The number of nitrogens with zero attached hydrogens (tertiary/aromatic N) is 2. The van der Waals surface area contributed by atoms with Gasteiger partial charge in [-0.2, -0.15) is 0 Å². The maximum Gasteiger partial charge on any atom is 0.264 e. The Labute approximate surface area is 227 Å². The topological polar surface area (TPSA) is 86.8 Å². The van der Waals surface area contributed by atoms with Gasteiger partial charge in [-0.15, -0.1) is 0 Å². The van der Waals surface area contributed by atoms with Gasteiger partial charge < -0.3 is 10.2 Å². The van der Waals surface area contributed by atoms with E-state index in [0.29, 0.717) is 12.2 Å². The molecular weight excluding hydrogens is 554 g/mol. The third-order valence-corrected chi connectivity index (χ3v) is 8.54. The van der Waals surface area contributed by atoms with Gasteiger partial charge in [0, 0.05) is 17.6 Å². The van der Waals surface area contributed by atoms with E-state index in [0.717, 1.165) is 25.5 Å². The van der Waals surface area contributed by atoms with E-state index in [1.54, 1.807) is 44.2 Å². The highest BCUT2D eigenvalue weighted by molar-refractivity contribution is 9.10. The molecule has 196 valence electrons. The Balaban J connectivity index is 2.06. The van der Waals surface area contributed by atoms with Crippen LogP contribution in [0.4, 0.5) is 5.69 Å². The zero-order chi connectivity index (χ0) is 27.2. The molecule has 37 heavy (non-hydrogen) atoms. The molecule has 0 aliphatic carbocycles. The maximum atomic E-state index is 13.9. The van der Waals surface area contributed by atoms with Crippen LogP contribution < -0.4 is 9.62 Å². The summed E-state index contributed by atoms with van der Waals surface area (Å²) < 4.78 is 29.7. The van der Waals surface area contributed by atoms with Crippen molar-refractivity contribution >= 4 is 43.5 Å². The summed E-state index contributed by atoms with van der Waals surface area (Å²) in [5, 5.41) is 2.76. The summed E-state index contributed by atoms with van der Waals surface area (Å²) in [4.78, 5) is 28.1. The molecule has 1 atom stereocenters. The fraction of sp³-hybridized carbons (Fsp3) is 0.286. The van der Waals surface area contributed by atoms with Gasteiger partial charge in [-0.25, -0.2) is 8.42 Å². The standard InChI is InChI=1S/C28H32BrN3O4S/c1-5-30-28(34)22(4)31(18-23-14-16-24(29)17-15-23)27(33)19-32(26-13-9-10-20(2)21(26)3)37(35,36)25-11-7-6-8-12-25/h6-17,22H,5,18-19H2,1-4H3,(H,30,34)/t22-/m0/s1. The van der Waals surface area contributed by atoms with Gasteiger partial charge in [-0.1, -0.05) is 58.4 Å². The van der Waals surface area contributed by atoms with Gasteiger partial charge in [0.15, 0.2) is 0 Å².